The van der Waals surface area contributed by atoms with Gasteiger partial charge in [-0.3, -0.25) is 0 Å². The number of ether oxygens (including phenoxy) is 2. The van der Waals surface area contributed by atoms with Crippen molar-refractivity contribution in [3.63, 3.8) is 0 Å². The van der Waals surface area contributed by atoms with E-state index in [2.05, 4.69) is 0 Å². The summed E-state index contributed by atoms with van der Waals surface area (Å²) < 4.78 is 49.4. The van der Waals surface area contributed by atoms with Crippen LogP contribution in [0.3, 0.4) is 0 Å². The fourth-order valence-corrected chi connectivity index (χ4v) is 3.38. The monoisotopic (exact) mass is 320 g/mol. The van der Waals surface area contributed by atoms with Gasteiger partial charge in [-0.1, -0.05) is 0 Å². The Bertz CT molecular complexity index is 551. The van der Waals surface area contributed by atoms with E-state index in [-0.39, 0.29) is 30.3 Å². The highest BCUT2D eigenvalue weighted by Crippen LogP contribution is 2.23. The highest BCUT2D eigenvalue weighted by molar-refractivity contribution is 7.89. The van der Waals surface area contributed by atoms with E-state index in [9.17, 15) is 12.8 Å². The van der Waals surface area contributed by atoms with E-state index in [4.69, 9.17) is 15.2 Å². The van der Waals surface area contributed by atoms with Crippen molar-refractivity contribution in [1.29, 1.82) is 0 Å². The number of benzene rings is 1. The molecule has 120 valence electrons. The summed E-state index contributed by atoms with van der Waals surface area (Å²) in [6, 6.07) is 3.25. The summed E-state index contributed by atoms with van der Waals surface area (Å²) in [5.41, 5.74) is 5.52. The molecular formula is C13H21FN2O4S. The highest BCUT2D eigenvalue weighted by Gasteiger charge is 2.26. The molecule has 0 heterocycles. The Morgan fingerprint density at radius 3 is 2.43 bits per heavy atom. The van der Waals surface area contributed by atoms with Gasteiger partial charge in [0, 0.05) is 33.9 Å². The maximum Gasteiger partial charge on any atom is 0.245 e. The third-order valence-electron chi connectivity index (χ3n) is 2.89. The van der Waals surface area contributed by atoms with Gasteiger partial charge in [-0.15, -0.1) is 0 Å². The van der Waals surface area contributed by atoms with Crippen molar-refractivity contribution >= 4 is 15.7 Å². The number of rotatable bonds is 9. The van der Waals surface area contributed by atoms with Gasteiger partial charge in [-0.25, -0.2) is 12.8 Å². The number of methoxy groups -OCH3 is 2. The van der Waals surface area contributed by atoms with Crippen LogP contribution in [0.4, 0.5) is 10.1 Å². The molecule has 0 fully saturated rings. The summed E-state index contributed by atoms with van der Waals surface area (Å²) in [5, 5.41) is 0. The number of nitrogen functional groups attached to an aromatic ring is 1. The molecule has 0 bridgehead atoms. The molecule has 1 aromatic carbocycles. The van der Waals surface area contributed by atoms with Crippen LogP contribution >= 0.6 is 0 Å². The second kappa shape index (κ2) is 8.28. The summed E-state index contributed by atoms with van der Waals surface area (Å²) in [6.07, 6.45) is 0.542. The van der Waals surface area contributed by atoms with Gasteiger partial charge in [0.25, 0.3) is 0 Å². The molecule has 0 spiro atoms. The molecule has 8 heteroatoms. The largest absolute Gasteiger partial charge is 0.398 e. The molecule has 1 aromatic rings. The van der Waals surface area contributed by atoms with Crippen molar-refractivity contribution in [2.75, 3.05) is 46.3 Å². The molecule has 0 aliphatic carbocycles. The Hall–Kier alpha value is -1.22. The quantitative estimate of drug-likeness (QED) is 0.544. The maximum atomic E-state index is 13.1. The topological polar surface area (TPSA) is 81.9 Å². The van der Waals surface area contributed by atoms with Crippen LogP contribution < -0.4 is 5.73 Å². The number of anilines is 1. The molecule has 1 rings (SSSR count). The van der Waals surface area contributed by atoms with Gasteiger partial charge in [0.1, 0.15) is 10.7 Å². The van der Waals surface area contributed by atoms with Crippen molar-refractivity contribution in [3.8, 4) is 0 Å². The van der Waals surface area contributed by atoms with Crippen molar-refractivity contribution in [1.82, 2.24) is 4.31 Å². The molecule has 0 unspecified atom stereocenters. The van der Waals surface area contributed by atoms with E-state index in [1.807, 2.05) is 0 Å². The Kier molecular flexibility index (Phi) is 7.03. The predicted octanol–water partition coefficient (Wildman–Crippen LogP) is 1.08. The second-order valence-electron chi connectivity index (χ2n) is 4.43. The average molecular weight is 320 g/mol. The summed E-state index contributed by atoms with van der Waals surface area (Å²) in [6.45, 7) is 1.17. The minimum atomic E-state index is -3.80. The van der Waals surface area contributed by atoms with Crippen molar-refractivity contribution < 1.29 is 22.3 Å². The lowest BCUT2D eigenvalue weighted by atomic mass is 10.3. The molecule has 0 aromatic heterocycles. The van der Waals surface area contributed by atoms with Crippen LogP contribution in [0, 0.1) is 5.82 Å². The van der Waals surface area contributed by atoms with Gasteiger partial charge in [0.2, 0.25) is 10.0 Å². The molecule has 6 nitrogen and oxygen atoms in total. The predicted molar refractivity (Wildman–Crippen MR) is 77.9 cm³/mol. The number of halogens is 1. The van der Waals surface area contributed by atoms with Crippen LogP contribution in [0.2, 0.25) is 0 Å². The fraction of sp³-hybridized carbons (Fsp3) is 0.538. The van der Waals surface area contributed by atoms with E-state index in [1.165, 1.54) is 17.5 Å². The van der Waals surface area contributed by atoms with Crippen molar-refractivity contribution in [2.24, 2.45) is 0 Å². The van der Waals surface area contributed by atoms with Crippen LogP contribution in [0.15, 0.2) is 23.1 Å². The fourth-order valence-electron chi connectivity index (χ4n) is 1.82. The smallest absolute Gasteiger partial charge is 0.245 e. The number of hydrogen-bond donors (Lipinski definition) is 1. The first-order chi connectivity index (χ1) is 9.93. The van der Waals surface area contributed by atoms with Crippen LogP contribution in [-0.2, 0) is 19.5 Å². The van der Waals surface area contributed by atoms with Crippen LogP contribution in [0.1, 0.15) is 6.42 Å². The zero-order valence-electron chi connectivity index (χ0n) is 12.2. The first-order valence-corrected chi connectivity index (χ1v) is 7.90. The first kappa shape index (κ1) is 17.8. The summed E-state index contributed by atoms with van der Waals surface area (Å²) in [4.78, 5) is -0.0996. The van der Waals surface area contributed by atoms with Crippen LogP contribution in [-0.4, -0.2) is 53.2 Å². The Labute approximate surface area is 124 Å². The van der Waals surface area contributed by atoms with Gasteiger partial charge in [-0.2, -0.15) is 4.31 Å². The SMILES string of the molecule is COCCCN(CCOC)S(=O)(=O)c1ccc(F)cc1N. The lowest BCUT2D eigenvalue weighted by Gasteiger charge is -2.22. The lowest BCUT2D eigenvalue weighted by Crippen LogP contribution is -2.35. The number of sulfonamides is 1. The van der Waals surface area contributed by atoms with E-state index in [0.717, 1.165) is 12.1 Å². The first-order valence-electron chi connectivity index (χ1n) is 6.46. The molecule has 0 radical (unpaired) electrons. The second-order valence-corrected chi connectivity index (χ2v) is 6.33. The van der Waals surface area contributed by atoms with Crippen LogP contribution in [0.5, 0.6) is 0 Å². The Balaban J connectivity index is 3.01. The molecule has 0 aliphatic heterocycles. The summed E-state index contributed by atoms with van der Waals surface area (Å²) in [7, 11) is -0.755. The Morgan fingerprint density at radius 1 is 1.19 bits per heavy atom. The zero-order valence-corrected chi connectivity index (χ0v) is 13.0. The summed E-state index contributed by atoms with van der Waals surface area (Å²) >= 11 is 0. The molecule has 0 aliphatic rings. The molecular weight excluding hydrogens is 299 g/mol. The van der Waals surface area contributed by atoms with E-state index in [0.29, 0.717) is 13.0 Å². The van der Waals surface area contributed by atoms with Gasteiger partial charge in [-0.05, 0) is 24.6 Å². The molecule has 21 heavy (non-hydrogen) atoms. The van der Waals surface area contributed by atoms with Crippen molar-refractivity contribution in [2.45, 2.75) is 11.3 Å². The summed E-state index contributed by atoms with van der Waals surface area (Å²) in [5.74, 6) is -0.575. The molecule has 0 saturated carbocycles. The highest BCUT2D eigenvalue weighted by atomic mass is 32.2. The number of hydrogen-bond acceptors (Lipinski definition) is 5. The Morgan fingerprint density at radius 2 is 1.86 bits per heavy atom. The molecule has 0 atom stereocenters. The standard InChI is InChI=1S/C13H21FN2O4S/c1-19-8-3-6-16(7-9-20-2)21(17,18)13-5-4-11(14)10-12(13)15/h4-5,10H,3,6-9,15H2,1-2H3. The van der Waals surface area contributed by atoms with E-state index in [1.54, 1.807) is 7.11 Å². The lowest BCUT2D eigenvalue weighted by molar-refractivity contribution is 0.164. The third kappa shape index (κ3) is 4.92. The van der Waals surface area contributed by atoms with Crippen molar-refractivity contribution in [3.05, 3.63) is 24.0 Å². The minimum Gasteiger partial charge on any atom is -0.398 e. The third-order valence-corrected chi connectivity index (χ3v) is 4.86. The zero-order chi connectivity index (χ0) is 15.9. The molecule has 0 saturated heterocycles. The average Bonchev–Trinajstić information content (AvgIpc) is 2.42. The maximum absolute atomic E-state index is 13.1. The van der Waals surface area contributed by atoms with Gasteiger partial charge < -0.3 is 15.2 Å². The van der Waals surface area contributed by atoms with Gasteiger partial charge >= 0.3 is 0 Å². The molecule has 2 N–H and O–H groups in total. The molecule has 0 amide bonds. The number of nitrogens with zero attached hydrogens (tertiary/aromatic N) is 1. The van der Waals surface area contributed by atoms with E-state index >= 15 is 0 Å². The minimum absolute atomic E-state index is 0.0996. The van der Waals surface area contributed by atoms with E-state index < -0.39 is 15.8 Å². The van der Waals surface area contributed by atoms with Gasteiger partial charge in [0.05, 0.1) is 12.3 Å². The normalized spacial score (nSPS) is 12.0. The van der Waals surface area contributed by atoms with Gasteiger partial charge in [0.15, 0.2) is 0 Å². The van der Waals surface area contributed by atoms with Crippen LogP contribution in [0.25, 0.3) is 0 Å². The number of nitrogens with two attached hydrogens (primary N) is 1.